The SMILES string of the molecule is CC(=O)OCc1ccc(C#N)cc1. The molecular formula is C10H9NO2. The molecule has 0 saturated carbocycles. The van der Waals surface area contributed by atoms with Gasteiger partial charge in [0.1, 0.15) is 6.61 Å². The summed E-state index contributed by atoms with van der Waals surface area (Å²) in [7, 11) is 0. The van der Waals surface area contributed by atoms with Gasteiger partial charge < -0.3 is 4.74 Å². The van der Waals surface area contributed by atoms with Crippen molar-refractivity contribution in [2.75, 3.05) is 0 Å². The van der Waals surface area contributed by atoms with Gasteiger partial charge in [-0.2, -0.15) is 5.26 Å². The van der Waals surface area contributed by atoms with Gasteiger partial charge in [0.15, 0.2) is 0 Å². The molecule has 0 radical (unpaired) electrons. The summed E-state index contributed by atoms with van der Waals surface area (Å²) in [5, 5.41) is 8.51. The Morgan fingerprint density at radius 1 is 1.46 bits per heavy atom. The average Bonchev–Trinajstić information content (AvgIpc) is 2.15. The van der Waals surface area contributed by atoms with Gasteiger partial charge in [0.05, 0.1) is 11.6 Å². The molecule has 0 fully saturated rings. The van der Waals surface area contributed by atoms with Crippen molar-refractivity contribution in [3.8, 4) is 6.07 Å². The molecule has 3 heteroatoms. The topological polar surface area (TPSA) is 50.1 Å². The lowest BCUT2D eigenvalue weighted by Gasteiger charge is -2.00. The second kappa shape index (κ2) is 4.27. The molecule has 3 nitrogen and oxygen atoms in total. The molecule has 1 rings (SSSR count). The summed E-state index contributed by atoms with van der Waals surface area (Å²) in [4.78, 5) is 10.5. The van der Waals surface area contributed by atoms with Crippen LogP contribution < -0.4 is 0 Å². The standard InChI is InChI=1S/C10H9NO2/c1-8(12)13-7-10-4-2-9(6-11)3-5-10/h2-5H,7H2,1H3. The second-order valence-electron chi connectivity index (χ2n) is 2.59. The van der Waals surface area contributed by atoms with E-state index < -0.39 is 0 Å². The molecule has 0 unspecified atom stereocenters. The largest absolute Gasteiger partial charge is 0.461 e. The Kier molecular flexibility index (Phi) is 3.04. The van der Waals surface area contributed by atoms with Crippen molar-refractivity contribution in [3.05, 3.63) is 35.4 Å². The monoisotopic (exact) mass is 175 g/mol. The smallest absolute Gasteiger partial charge is 0.302 e. The van der Waals surface area contributed by atoms with Gasteiger partial charge in [-0.1, -0.05) is 12.1 Å². The second-order valence-corrected chi connectivity index (χ2v) is 2.59. The van der Waals surface area contributed by atoms with Gasteiger partial charge in [0.2, 0.25) is 0 Å². The predicted octanol–water partition coefficient (Wildman–Crippen LogP) is 1.62. The number of esters is 1. The van der Waals surface area contributed by atoms with Gasteiger partial charge in [0.25, 0.3) is 0 Å². The first-order chi connectivity index (χ1) is 6.22. The number of carbonyl (C=O) groups is 1. The van der Waals surface area contributed by atoms with E-state index in [9.17, 15) is 4.79 Å². The van der Waals surface area contributed by atoms with Crippen LogP contribution >= 0.6 is 0 Å². The lowest BCUT2D eigenvalue weighted by atomic mass is 10.2. The highest BCUT2D eigenvalue weighted by molar-refractivity contribution is 5.65. The van der Waals surface area contributed by atoms with Gasteiger partial charge in [-0.3, -0.25) is 4.79 Å². The minimum absolute atomic E-state index is 0.265. The quantitative estimate of drug-likeness (QED) is 0.642. The van der Waals surface area contributed by atoms with Gasteiger partial charge in [0, 0.05) is 6.92 Å². The van der Waals surface area contributed by atoms with Crippen molar-refractivity contribution in [3.63, 3.8) is 0 Å². The molecule has 0 N–H and O–H groups in total. The van der Waals surface area contributed by atoms with E-state index in [-0.39, 0.29) is 12.6 Å². The van der Waals surface area contributed by atoms with E-state index in [1.54, 1.807) is 24.3 Å². The number of nitriles is 1. The molecule has 0 amide bonds. The van der Waals surface area contributed by atoms with Crippen LogP contribution in [0.2, 0.25) is 0 Å². The molecule has 0 aliphatic rings. The van der Waals surface area contributed by atoms with Crippen LogP contribution in [0, 0.1) is 11.3 Å². The summed E-state index contributed by atoms with van der Waals surface area (Å²) in [5.41, 5.74) is 1.49. The highest BCUT2D eigenvalue weighted by atomic mass is 16.5. The molecule has 13 heavy (non-hydrogen) atoms. The van der Waals surface area contributed by atoms with Crippen LogP contribution in [0.5, 0.6) is 0 Å². The van der Waals surface area contributed by atoms with Gasteiger partial charge in [-0.15, -0.1) is 0 Å². The molecule has 1 aromatic carbocycles. The zero-order valence-corrected chi connectivity index (χ0v) is 7.28. The number of hydrogen-bond donors (Lipinski definition) is 0. The zero-order valence-electron chi connectivity index (χ0n) is 7.28. The van der Waals surface area contributed by atoms with Gasteiger partial charge in [-0.25, -0.2) is 0 Å². The fourth-order valence-corrected chi connectivity index (χ4v) is 0.860. The molecule has 0 spiro atoms. The third-order valence-corrected chi connectivity index (χ3v) is 1.53. The van der Waals surface area contributed by atoms with Crippen molar-refractivity contribution in [2.24, 2.45) is 0 Å². The van der Waals surface area contributed by atoms with Crippen LogP contribution in [-0.4, -0.2) is 5.97 Å². The predicted molar refractivity (Wildman–Crippen MR) is 46.6 cm³/mol. The maximum atomic E-state index is 10.5. The maximum Gasteiger partial charge on any atom is 0.302 e. The van der Waals surface area contributed by atoms with Crippen molar-refractivity contribution in [2.45, 2.75) is 13.5 Å². The number of carbonyl (C=O) groups excluding carboxylic acids is 1. The maximum absolute atomic E-state index is 10.5. The van der Waals surface area contributed by atoms with Crippen LogP contribution in [0.3, 0.4) is 0 Å². The first-order valence-electron chi connectivity index (χ1n) is 3.85. The first kappa shape index (κ1) is 9.27. The minimum atomic E-state index is -0.302. The molecule has 66 valence electrons. The van der Waals surface area contributed by atoms with Crippen molar-refractivity contribution < 1.29 is 9.53 Å². The summed E-state index contributed by atoms with van der Waals surface area (Å²) in [6, 6.07) is 8.93. The Morgan fingerprint density at radius 2 is 2.08 bits per heavy atom. The molecule has 0 atom stereocenters. The lowest BCUT2D eigenvalue weighted by molar-refractivity contribution is -0.142. The van der Waals surface area contributed by atoms with E-state index >= 15 is 0 Å². The first-order valence-corrected chi connectivity index (χ1v) is 3.85. The van der Waals surface area contributed by atoms with Crippen LogP contribution in [0.15, 0.2) is 24.3 Å². The van der Waals surface area contributed by atoms with Crippen molar-refractivity contribution in [1.29, 1.82) is 5.26 Å². The molecule has 0 saturated heterocycles. The van der Waals surface area contributed by atoms with E-state index in [2.05, 4.69) is 0 Å². The Labute approximate surface area is 76.6 Å². The Bertz CT molecular complexity index is 335. The fraction of sp³-hybridized carbons (Fsp3) is 0.200. The molecule has 0 aromatic heterocycles. The zero-order chi connectivity index (χ0) is 9.68. The number of nitrogens with zero attached hydrogens (tertiary/aromatic N) is 1. The van der Waals surface area contributed by atoms with Gasteiger partial charge in [-0.05, 0) is 17.7 Å². The highest BCUT2D eigenvalue weighted by Gasteiger charge is 1.96. The summed E-state index contributed by atoms with van der Waals surface area (Å²) in [5.74, 6) is -0.302. The van der Waals surface area contributed by atoms with Crippen LogP contribution in [0.25, 0.3) is 0 Å². The van der Waals surface area contributed by atoms with Gasteiger partial charge >= 0.3 is 5.97 Å². The molecule has 0 aliphatic carbocycles. The summed E-state index contributed by atoms with van der Waals surface area (Å²) in [6.07, 6.45) is 0. The van der Waals surface area contributed by atoms with E-state index in [1.807, 2.05) is 6.07 Å². The van der Waals surface area contributed by atoms with Crippen LogP contribution in [0.4, 0.5) is 0 Å². The molecular weight excluding hydrogens is 166 g/mol. The Hall–Kier alpha value is -1.82. The molecule has 0 bridgehead atoms. The molecule has 1 aromatic rings. The molecule has 0 aliphatic heterocycles. The van der Waals surface area contributed by atoms with Crippen molar-refractivity contribution >= 4 is 5.97 Å². The average molecular weight is 175 g/mol. The Balaban J connectivity index is 2.60. The van der Waals surface area contributed by atoms with E-state index in [0.717, 1.165) is 5.56 Å². The van der Waals surface area contributed by atoms with Crippen LogP contribution in [0.1, 0.15) is 18.1 Å². The third-order valence-electron chi connectivity index (χ3n) is 1.53. The van der Waals surface area contributed by atoms with E-state index in [0.29, 0.717) is 5.56 Å². The molecule has 0 heterocycles. The van der Waals surface area contributed by atoms with E-state index in [1.165, 1.54) is 6.92 Å². The van der Waals surface area contributed by atoms with E-state index in [4.69, 9.17) is 10.00 Å². The third kappa shape index (κ3) is 2.96. The minimum Gasteiger partial charge on any atom is -0.461 e. The normalized spacial score (nSPS) is 8.92. The summed E-state index contributed by atoms with van der Waals surface area (Å²) < 4.78 is 4.78. The number of ether oxygens (including phenoxy) is 1. The number of rotatable bonds is 2. The summed E-state index contributed by atoms with van der Waals surface area (Å²) in [6.45, 7) is 1.63. The fourth-order valence-electron chi connectivity index (χ4n) is 0.860. The van der Waals surface area contributed by atoms with Crippen molar-refractivity contribution in [1.82, 2.24) is 0 Å². The lowest BCUT2D eigenvalue weighted by Crippen LogP contribution is -1.98. The Morgan fingerprint density at radius 3 is 2.54 bits per heavy atom. The highest BCUT2D eigenvalue weighted by Crippen LogP contribution is 2.04. The summed E-state index contributed by atoms with van der Waals surface area (Å²) >= 11 is 0. The van der Waals surface area contributed by atoms with Crippen LogP contribution in [-0.2, 0) is 16.1 Å². The number of benzene rings is 1. The number of hydrogen-bond acceptors (Lipinski definition) is 3.